The van der Waals surface area contributed by atoms with Gasteiger partial charge in [-0.15, -0.1) is 0 Å². The number of nitrogens with zero attached hydrogens (tertiary/aromatic N) is 1. The molecule has 1 aliphatic rings. The fraction of sp³-hybridized carbons (Fsp3) is 0.240. The van der Waals surface area contributed by atoms with Crippen LogP contribution in [0.5, 0.6) is 0 Å². The second-order valence-corrected chi connectivity index (χ2v) is 11.0. The van der Waals surface area contributed by atoms with Crippen molar-refractivity contribution in [3.8, 4) is 0 Å². The van der Waals surface area contributed by atoms with Crippen molar-refractivity contribution in [3.63, 3.8) is 0 Å². The standard InChI is InChI=1S/C25H26N2O3S2/c1-19-13-15-22(16-14-19)32(29,30)27-17-7-8-20(18-27)25(28)26-23-11-5-6-12-24(23)31-21-9-3-2-4-10-21/h2-6,9-16,20H,7-8,17-18H2,1H3,(H,26,28)/t20-/m1/s1. The molecule has 0 aromatic heterocycles. The number of piperidine rings is 1. The monoisotopic (exact) mass is 466 g/mol. The van der Waals surface area contributed by atoms with Crippen LogP contribution in [0.15, 0.2) is 93.5 Å². The molecule has 32 heavy (non-hydrogen) atoms. The van der Waals surface area contributed by atoms with Crippen LogP contribution in [0.25, 0.3) is 0 Å². The van der Waals surface area contributed by atoms with E-state index in [0.717, 1.165) is 21.0 Å². The van der Waals surface area contributed by atoms with E-state index in [2.05, 4.69) is 5.32 Å². The zero-order valence-electron chi connectivity index (χ0n) is 17.9. The maximum atomic E-state index is 13.1. The molecule has 166 valence electrons. The summed E-state index contributed by atoms with van der Waals surface area (Å²) < 4.78 is 27.6. The molecule has 1 amide bonds. The number of aryl methyl sites for hydroxylation is 1. The minimum atomic E-state index is -3.62. The van der Waals surface area contributed by atoms with Crippen LogP contribution in [0.3, 0.4) is 0 Å². The highest BCUT2D eigenvalue weighted by Gasteiger charge is 2.33. The van der Waals surface area contributed by atoms with E-state index in [1.807, 2.05) is 61.5 Å². The van der Waals surface area contributed by atoms with Crippen LogP contribution in [0.4, 0.5) is 5.69 Å². The Labute approximate surface area is 193 Å². The van der Waals surface area contributed by atoms with Crippen LogP contribution in [-0.2, 0) is 14.8 Å². The van der Waals surface area contributed by atoms with E-state index in [4.69, 9.17) is 0 Å². The number of para-hydroxylation sites is 1. The van der Waals surface area contributed by atoms with Crippen molar-refractivity contribution in [2.45, 2.75) is 34.5 Å². The molecule has 3 aromatic rings. The summed E-state index contributed by atoms with van der Waals surface area (Å²) in [5, 5.41) is 3.04. The lowest BCUT2D eigenvalue weighted by Gasteiger charge is -2.31. The minimum absolute atomic E-state index is 0.144. The summed E-state index contributed by atoms with van der Waals surface area (Å²) in [6.45, 7) is 2.54. The topological polar surface area (TPSA) is 66.5 Å². The van der Waals surface area contributed by atoms with Gasteiger partial charge in [0.25, 0.3) is 0 Å². The van der Waals surface area contributed by atoms with E-state index in [0.29, 0.717) is 19.4 Å². The van der Waals surface area contributed by atoms with Crippen molar-refractivity contribution >= 4 is 33.4 Å². The largest absolute Gasteiger partial charge is 0.325 e. The predicted molar refractivity (Wildman–Crippen MR) is 128 cm³/mol. The highest BCUT2D eigenvalue weighted by Crippen LogP contribution is 2.34. The third-order valence-electron chi connectivity index (χ3n) is 5.53. The van der Waals surface area contributed by atoms with Crippen molar-refractivity contribution in [1.29, 1.82) is 0 Å². The van der Waals surface area contributed by atoms with Gasteiger partial charge in [0, 0.05) is 22.9 Å². The molecule has 4 rings (SSSR count). The quantitative estimate of drug-likeness (QED) is 0.543. The number of nitrogens with one attached hydrogen (secondary N) is 1. The van der Waals surface area contributed by atoms with Gasteiger partial charge in [0.05, 0.1) is 16.5 Å². The van der Waals surface area contributed by atoms with Crippen molar-refractivity contribution in [1.82, 2.24) is 4.31 Å². The number of anilines is 1. The second-order valence-electron chi connectivity index (χ2n) is 7.92. The lowest BCUT2D eigenvalue weighted by molar-refractivity contribution is -0.120. The lowest BCUT2D eigenvalue weighted by Crippen LogP contribution is -2.43. The van der Waals surface area contributed by atoms with Crippen molar-refractivity contribution in [2.75, 3.05) is 18.4 Å². The first kappa shape index (κ1) is 22.6. The molecule has 0 radical (unpaired) electrons. The number of carbonyl (C=O) groups excluding carboxylic acids is 1. The molecule has 0 aliphatic carbocycles. The SMILES string of the molecule is Cc1ccc(S(=O)(=O)N2CCC[C@@H](C(=O)Nc3ccccc3Sc3ccccc3)C2)cc1. The highest BCUT2D eigenvalue weighted by atomic mass is 32.2. The first-order valence-electron chi connectivity index (χ1n) is 10.6. The van der Waals surface area contributed by atoms with Gasteiger partial charge in [-0.1, -0.05) is 59.8 Å². The van der Waals surface area contributed by atoms with Gasteiger partial charge >= 0.3 is 0 Å². The molecular weight excluding hydrogens is 440 g/mol. The number of benzene rings is 3. The molecule has 0 bridgehead atoms. The van der Waals surface area contributed by atoms with E-state index < -0.39 is 15.9 Å². The fourth-order valence-corrected chi connectivity index (χ4v) is 6.19. The lowest BCUT2D eigenvalue weighted by atomic mass is 9.99. The van der Waals surface area contributed by atoms with Crippen LogP contribution in [0.1, 0.15) is 18.4 Å². The third-order valence-corrected chi connectivity index (χ3v) is 8.49. The average Bonchev–Trinajstić information content (AvgIpc) is 2.81. The summed E-state index contributed by atoms with van der Waals surface area (Å²) in [6, 6.07) is 24.5. The van der Waals surface area contributed by atoms with Crippen LogP contribution in [-0.4, -0.2) is 31.7 Å². The molecule has 0 saturated carbocycles. The molecule has 1 saturated heterocycles. The summed E-state index contributed by atoms with van der Waals surface area (Å²) in [4.78, 5) is 15.4. The molecule has 1 aliphatic heterocycles. The molecule has 5 nitrogen and oxygen atoms in total. The Morgan fingerprint density at radius 3 is 2.41 bits per heavy atom. The van der Waals surface area contributed by atoms with E-state index in [9.17, 15) is 13.2 Å². The van der Waals surface area contributed by atoms with E-state index in [1.165, 1.54) is 4.31 Å². The number of sulfonamides is 1. The minimum Gasteiger partial charge on any atom is -0.325 e. The van der Waals surface area contributed by atoms with E-state index in [1.54, 1.807) is 36.0 Å². The second kappa shape index (κ2) is 9.90. The maximum absolute atomic E-state index is 13.1. The Bertz CT molecular complexity index is 1180. The number of hydrogen-bond donors (Lipinski definition) is 1. The van der Waals surface area contributed by atoms with E-state index in [-0.39, 0.29) is 17.3 Å². The Kier molecular flexibility index (Phi) is 6.98. The Hall–Kier alpha value is -2.61. The highest BCUT2D eigenvalue weighted by molar-refractivity contribution is 7.99. The molecule has 0 spiro atoms. The maximum Gasteiger partial charge on any atom is 0.243 e. The molecule has 1 fully saturated rings. The van der Waals surface area contributed by atoms with Crippen molar-refractivity contribution in [3.05, 3.63) is 84.4 Å². The van der Waals surface area contributed by atoms with Crippen molar-refractivity contribution in [2.24, 2.45) is 5.92 Å². The van der Waals surface area contributed by atoms with Gasteiger partial charge in [0.1, 0.15) is 0 Å². The van der Waals surface area contributed by atoms with Gasteiger partial charge in [-0.3, -0.25) is 4.79 Å². The van der Waals surface area contributed by atoms with Crippen LogP contribution in [0, 0.1) is 12.8 Å². The first-order valence-corrected chi connectivity index (χ1v) is 12.9. The smallest absolute Gasteiger partial charge is 0.243 e. The molecule has 1 N–H and O–H groups in total. The molecule has 1 heterocycles. The van der Waals surface area contributed by atoms with Gasteiger partial charge in [0.15, 0.2) is 0 Å². The predicted octanol–water partition coefficient (Wildman–Crippen LogP) is 5.19. The van der Waals surface area contributed by atoms with Gasteiger partial charge < -0.3 is 5.32 Å². The van der Waals surface area contributed by atoms with Crippen LogP contribution in [0.2, 0.25) is 0 Å². The fourth-order valence-electron chi connectivity index (χ4n) is 3.74. The Balaban J connectivity index is 1.47. The summed E-state index contributed by atoms with van der Waals surface area (Å²) in [6.07, 6.45) is 1.32. The van der Waals surface area contributed by atoms with Gasteiger partial charge in [0.2, 0.25) is 15.9 Å². The summed E-state index contributed by atoms with van der Waals surface area (Å²) in [5.74, 6) is -0.534. The summed E-state index contributed by atoms with van der Waals surface area (Å²) in [5.41, 5.74) is 1.75. The molecule has 7 heteroatoms. The van der Waals surface area contributed by atoms with Crippen LogP contribution >= 0.6 is 11.8 Å². The van der Waals surface area contributed by atoms with Gasteiger partial charge in [-0.05, 0) is 56.2 Å². The summed E-state index contributed by atoms with van der Waals surface area (Å²) in [7, 11) is -3.62. The first-order chi connectivity index (χ1) is 15.4. The molecule has 3 aromatic carbocycles. The van der Waals surface area contributed by atoms with Crippen molar-refractivity contribution < 1.29 is 13.2 Å². The number of carbonyl (C=O) groups is 1. The average molecular weight is 467 g/mol. The third kappa shape index (κ3) is 5.23. The normalized spacial score (nSPS) is 17.1. The van der Waals surface area contributed by atoms with Crippen LogP contribution < -0.4 is 5.32 Å². The van der Waals surface area contributed by atoms with E-state index >= 15 is 0 Å². The number of amides is 1. The molecular formula is C25H26N2O3S2. The van der Waals surface area contributed by atoms with Gasteiger partial charge in [-0.2, -0.15) is 4.31 Å². The molecule has 1 atom stereocenters. The summed E-state index contributed by atoms with van der Waals surface area (Å²) >= 11 is 1.59. The molecule has 0 unspecified atom stereocenters. The zero-order chi connectivity index (χ0) is 22.6. The zero-order valence-corrected chi connectivity index (χ0v) is 19.5. The Morgan fingerprint density at radius 2 is 1.66 bits per heavy atom. The number of rotatable bonds is 6. The van der Waals surface area contributed by atoms with Gasteiger partial charge in [-0.25, -0.2) is 8.42 Å². The number of hydrogen-bond acceptors (Lipinski definition) is 4. The Morgan fingerprint density at radius 1 is 0.969 bits per heavy atom.